The lowest BCUT2D eigenvalue weighted by atomic mass is 9.78. The van der Waals surface area contributed by atoms with Crippen LogP contribution in [0.15, 0.2) is 90.1 Å². The summed E-state index contributed by atoms with van der Waals surface area (Å²) in [6.07, 6.45) is -3.39. The number of para-hydroxylation sites is 2. The molecule has 0 bridgehead atoms. The van der Waals surface area contributed by atoms with Gasteiger partial charge in [-0.1, -0.05) is 54.6 Å². The molecule has 32 heavy (non-hydrogen) atoms. The molecule has 3 nitrogen and oxygen atoms in total. The monoisotopic (exact) mass is 434 g/mol. The highest BCUT2D eigenvalue weighted by Crippen LogP contribution is 2.44. The second-order valence-corrected chi connectivity index (χ2v) is 8.20. The van der Waals surface area contributed by atoms with Crippen molar-refractivity contribution in [2.45, 2.75) is 31.0 Å². The van der Waals surface area contributed by atoms with E-state index in [0.29, 0.717) is 24.0 Å². The lowest BCUT2D eigenvalue weighted by Gasteiger charge is -2.30. The molecule has 5 rings (SSSR count). The van der Waals surface area contributed by atoms with E-state index in [1.807, 2.05) is 54.6 Å². The molecule has 1 aliphatic heterocycles. The highest BCUT2D eigenvalue weighted by Gasteiger charge is 2.36. The SMILES string of the molecule is O=C1C[C@@H](c2ccccc2)CC2=C1[C@@H](c1ccc(C(F)(F)F)cc1)Nc1ccccc1N2. The van der Waals surface area contributed by atoms with Gasteiger partial charge in [-0.05, 0) is 47.7 Å². The Morgan fingerprint density at radius 1 is 0.750 bits per heavy atom. The molecule has 1 heterocycles. The van der Waals surface area contributed by atoms with Crippen molar-refractivity contribution in [1.29, 1.82) is 0 Å². The minimum atomic E-state index is -4.41. The van der Waals surface area contributed by atoms with Crippen LogP contribution in [0.5, 0.6) is 0 Å². The molecule has 0 spiro atoms. The maximum atomic E-state index is 13.4. The molecule has 3 aromatic carbocycles. The van der Waals surface area contributed by atoms with Crippen LogP contribution >= 0.6 is 0 Å². The molecule has 0 amide bonds. The molecule has 162 valence electrons. The smallest absolute Gasteiger partial charge is 0.372 e. The molecule has 2 N–H and O–H groups in total. The number of hydrogen-bond acceptors (Lipinski definition) is 3. The third-order valence-corrected chi connectivity index (χ3v) is 6.15. The zero-order chi connectivity index (χ0) is 22.3. The van der Waals surface area contributed by atoms with Crippen molar-refractivity contribution in [3.63, 3.8) is 0 Å². The van der Waals surface area contributed by atoms with E-state index in [4.69, 9.17) is 0 Å². The first-order valence-corrected chi connectivity index (χ1v) is 10.5. The van der Waals surface area contributed by atoms with Gasteiger partial charge < -0.3 is 10.6 Å². The van der Waals surface area contributed by atoms with Crippen molar-refractivity contribution in [3.8, 4) is 0 Å². The summed E-state index contributed by atoms with van der Waals surface area (Å²) in [5.74, 6) is 0.0475. The maximum Gasteiger partial charge on any atom is 0.416 e. The first-order chi connectivity index (χ1) is 15.4. The summed E-state index contributed by atoms with van der Waals surface area (Å²) in [4.78, 5) is 13.4. The summed E-state index contributed by atoms with van der Waals surface area (Å²) >= 11 is 0. The van der Waals surface area contributed by atoms with Crippen molar-refractivity contribution in [2.24, 2.45) is 0 Å². The number of fused-ring (bicyclic) bond motifs is 1. The van der Waals surface area contributed by atoms with Crippen LogP contribution in [0.1, 0.15) is 41.5 Å². The fourth-order valence-electron chi connectivity index (χ4n) is 4.57. The summed E-state index contributed by atoms with van der Waals surface area (Å²) < 4.78 is 39.2. The zero-order valence-corrected chi connectivity index (χ0v) is 17.1. The Kier molecular flexibility index (Phi) is 5.00. The van der Waals surface area contributed by atoms with Crippen LogP contribution in [0.25, 0.3) is 0 Å². The van der Waals surface area contributed by atoms with E-state index in [2.05, 4.69) is 10.6 Å². The Bertz CT molecular complexity index is 1180. The fourth-order valence-corrected chi connectivity index (χ4v) is 4.57. The van der Waals surface area contributed by atoms with Gasteiger partial charge in [0.2, 0.25) is 0 Å². The molecule has 2 atom stereocenters. The number of ketones is 1. The zero-order valence-electron chi connectivity index (χ0n) is 17.1. The molecule has 0 saturated heterocycles. The number of hydrogen-bond donors (Lipinski definition) is 2. The van der Waals surface area contributed by atoms with Crippen LogP contribution in [0.3, 0.4) is 0 Å². The molecular formula is C26H21F3N2O. The van der Waals surface area contributed by atoms with Crippen LogP contribution in [-0.4, -0.2) is 5.78 Å². The maximum absolute atomic E-state index is 13.4. The molecular weight excluding hydrogens is 413 g/mol. The summed E-state index contributed by atoms with van der Waals surface area (Å²) in [6.45, 7) is 0. The van der Waals surface area contributed by atoms with E-state index in [1.165, 1.54) is 12.1 Å². The fraction of sp³-hybridized carbons (Fsp3) is 0.192. The van der Waals surface area contributed by atoms with Gasteiger partial charge in [-0.15, -0.1) is 0 Å². The summed E-state index contributed by atoms with van der Waals surface area (Å²) in [5, 5.41) is 6.84. The number of rotatable bonds is 2. The second kappa shape index (κ2) is 7.86. The van der Waals surface area contributed by atoms with Gasteiger partial charge in [0.25, 0.3) is 0 Å². The minimum Gasteiger partial charge on any atom is -0.372 e. The standard InChI is InChI=1S/C26H21F3N2O/c27-26(28,29)19-12-10-17(11-13-19)25-24-22(30-20-8-4-5-9-21(20)31-25)14-18(15-23(24)32)16-6-2-1-3-7-16/h1-13,18,25,30-31H,14-15H2/t18-,25+/m0/s1. The van der Waals surface area contributed by atoms with Gasteiger partial charge in [-0.25, -0.2) is 0 Å². The quantitative estimate of drug-likeness (QED) is 0.472. The van der Waals surface area contributed by atoms with Crippen molar-refractivity contribution in [1.82, 2.24) is 0 Å². The second-order valence-electron chi connectivity index (χ2n) is 8.20. The molecule has 1 aliphatic carbocycles. The number of carbonyl (C=O) groups is 1. The number of nitrogens with one attached hydrogen (secondary N) is 2. The molecule has 6 heteroatoms. The van der Waals surface area contributed by atoms with Crippen LogP contribution in [0.2, 0.25) is 0 Å². The number of carbonyl (C=O) groups excluding carboxylic acids is 1. The molecule has 0 radical (unpaired) electrons. The number of allylic oxidation sites excluding steroid dienone is 1. The summed E-state index contributed by atoms with van der Waals surface area (Å²) in [5.41, 5.74) is 4.07. The molecule has 0 unspecified atom stereocenters. The highest BCUT2D eigenvalue weighted by atomic mass is 19.4. The van der Waals surface area contributed by atoms with Crippen LogP contribution in [0, 0.1) is 0 Å². The number of halogens is 3. The number of Topliss-reactive ketones (excluding diaryl/α,β-unsaturated/α-hetero) is 1. The third-order valence-electron chi connectivity index (χ3n) is 6.15. The predicted molar refractivity (Wildman–Crippen MR) is 118 cm³/mol. The molecule has 2 aliphatic rings. The lowest BCUT2D eigenvalue weighted by molar-refractivity contribution is -0.137. The van der Waals surface area contributed by atoms with E-state index in [0.717, 1.165) is 34.8 Å². The molecule has 0 saturated carbocycles. The Balaban J connectivity index is 1.59. The third kappa shape index (κ3) is 3.77. The minimum absolute atomic E-state index is 0.00203. The molecule has 0 aromatic heterocycles. The van der Waals surface area contributed by atoms with E-state index in [1.54, 1.807) is 0 Å². The van der Waals surface area contributed by atoms with Crippen molar-refractivity contribution in [3.05, 3.63) is 107 Å². The van der Waals surface area contributed by atoms with Crippen molar-refractivity contribution in [2.75, 3.05) is 10.6 Å². The van der Waals surface area contributed by atoms with E-state index >= 15 is 0 Å². The van der Waals surface area contributed by atoms with Gasteiger partial charge >= 0.3 is 6.18 Å². The highest BCUT2D eigenvalue weighted by molar-refractivity contribution is 6.01. The molecule has 3 aromatic rings. The van der Waals surface area contributed by atoms with Gasteiger partial charge in [0.05, 0.1) is 23.0 Å². The normalized spacial score (nSPS) is 20.5. The Morgan fingerprint density at radius 2 is 1.41 bits per heavy atom. The van der Waals surface area contributed by atoms with Gasteiger partial charge in [0.15, 0.2) is 5.78 Å². The summed E-state index contributed by atoms with van der Waals surface area (Å²) in [7, 11) is 0. The lowest BCUT2D eigenvalue weighted by Crippen LogP contribution is -2.27. The van der Waals surface area contributed by atoms with Gasteiger partial charge in [-0.2, -0.15) is 13.2 Å². The summed E-state index contributed by atoms with van der Waals surface area (Å²) in [6, 6.07) is 22.1. The Labute approximate surface area is 184 Å². The van der Waals surface area contributed by atoms with Gasteiger partial charge in [-0.3, -0.25) is 4.79 Å². The van der Waals surface area contributed by atoms with E-state index in [-0.39, 0.29) is 11.7 Å². The van der Waals surface area contributed by atoms with Gasteiger partial charge in [0.1, 0.15) is 0 Å². The Hall–Kier alpha value is -3.54. The van der Waals surface area contributed by atoms with E-state index < -0.39 is 17.8 Å². The van der Waals surface area contributed by atoms with E-state index in [9.17, 15) is 18.0 Å². The average molecular weight is 434 g/mol. The topological polar surface area (TPSA) is 41.1 Å². The van der Waals surface area contributed by atoms with Crippen molar-refractivity contribution < 1.29 is 18.0 Å². The van der Waals surface area contributed by atoms with Crippen molar-refractivity contribution >= 4 is 17.2 Å². The predicted octanol–water partition coefficient (Wildman–Crippen LogP) is 6.68. The Morgan fingerprint density at radius 3 is 2.09 bits per heavy atom. The molecule has 0 fully saturated rings. The largest absolute Gasteiger partial charge is 0.416 e. The number of anilines is 2. The average Bonchev–Trinajstić information content (AvgIpc) is 2.96. The van der Waals surface area contributed by atoms with Crippen LogP contribution in [0.4, 0.5) is 24.5 Å². The first-order valence-electron chi connectivity index (χ1n) is 10.5. The number of alkyl halides is 3. The van der Waals surface area contributed by atoms with Crippen LogP contribution in [-0.2, 0) is 11.0 Å². The van der Waals surface area contributed by atoms with Crippen LogP contribution < -0.4 is 10.6 Å². The van der Waals surface area contributed by atoms with Gasteiger partial charge in [0, 0.05) is 17.7 Å². The number of benzene rings is 3. The first kappa shape index (κ1) is 20.4.